The fourth-order valence-corrected chi connectivity index (χ4v) is 4.73. The zero-order valence-electron chi connectivity index (χ0n) is 21.1. The Bertz CT molecular complexity index is 1160. The van der Waals surface area contributed by atoms with Crippen molar-refractivity contribution in [2.75, 3.05) is 0 Å². The van der Waals surface area contributed by atoms with Gasteiger partial charge in [-0.2, -0.15) is 0 Å². The molecule has 192 valence electrons. The van der Waals surface area contributed by atoms with Crippen molar-refractivity contribution in [1.29, 1.82) is 0 Å². The van der Waals surface area contributed by atoms with Crippen molar-refractivity contribution in [3.8, 4) is 0 Å². The summed E-state index contributed by atoms with van der Waals surface area (Å²) < 4.78 is 34.9. The van der Waals surface area contributed by atoms with E-state index in [9.17, 15) is 8.78 Å². The number of hydrogen-bond acceptors (Lipinski definition) is 3. The molecule has 0 aliphatic carbocycles. The Morgan fingerprint density at radius 2 is 1.14 bits per heavy atom. The van der Waals surface area contributed by atoms with Crippen LogP contribution in [0, 0.1) is 11.6 Å². The van der Waals surface area contributed by atoms with Crippen molar-refractivity contribution in [3.63, 3.8) is 0 Å². The third-order valence-corrected chi connectivity index (χ3v) is 6.48. The number of rotatable bonds is 12. The van der Waals surface area contributed by atoms with Crippen molar-refractivity contribution in [3.05, 3.63) is 143 Å². The van der Waals surface area contributed by atoms with Gasteiger partial charge >= 0.3 is 0 Å². The van der Waals surface area contributed by atoms with Crippen molar-refractivity contribution in [1.82, 2.24) is 4.90 Å². The van der Waals surface area contributed by atoms with E-state index < -0.39 is 11.6 Å². The molecule has 4 rings (SSSR count). The Morgan fingerprint density at radius 1 is 0.676 bits per heavy atom. The first-order valence-corrected chi connectivity index (χ1v) is 12.7. The molecule has 0 bridgehead atoms. The molecule has 3 nitrogen and oxygen atoms in total. The van der Waals surface area contributed by atoms with Gasteiger partial charge in [0.1, 0.15) is 11.6 Å². The molecule has 4 aromatic rings. The Labute approximate surface area is 218 Å². The van der Waals surface area contributed by atoms with Crippen molar-refractivity contribution < 1.29 is 13.5 Å². The molecule has 0 saturated carbocycles. The molecule has 0 heterocycles. The van der Waals surface area contributed by atoms with E-state index in [0.29, 0.717) is 31.7 Å². The average molecular weight is 501 g/mol. The summed E-state index contributed by atoms with van der Waals surface area (Å²) in [5.74, 6) is -1.18. The molecule has 1 unspecified atom stereocenters. The summed E-state index contributed by atoms with van der Waals surface area (Å²) in [6.45, 7) is 3.59. The molecule has 4 aromatic carbocycles. The van der Waals surface area contributed by atoms with Crippen LogP contribution in [0.1, 0.15) is 29.2 Å². The maximum absolute atomic E-state index is 14.2. The summed E-state index contributed by atoms with van der Waals surface area (Å²) in [5, 5.41) is 0. The lowest BCUT2D eigenvalue weighted by Crippen LogP contribution is -2.52. The largest absolute Gasteiger partial charge is 0.370 e. The number of nitrogens with zero attached hydrogens (tertiary/aromatic N) is 1. The van der Waals surface area contributed by atoms with Gasteiger partial charge in [-0.1, -0.05) is 91.0 Å². The molecule has 0 amide bonds. The van der Waals surface area contributed by atoms with Gasteiger partial charge in [0.2, 0.25) is 0 Å². The normalized spacial score (nSPS) is 13.9. The van der Waals surface area contributed by atoms with Crippen molar-refractivity contribution in [2.24, 2.45) is 5.73 Å². The minimum atomic E-state index is -0.589. The van der Waals surface area contributed by atoms with Crippen LogP contribution in [0.2, 0.25) is 0 Å². The predicted octanol–water partition coefficient (Wildman–Crippen LogP) is 6.51. The van der Waals surface area contributed by atoms with Gasteiger partial charge in [-0.25, -0.2) is 8.78 Å². The summed E-state index contributed by atoms with van der Waals surface area (Å²) in [7, 11) is 0. The van der Waals surface area contributed by atoms with Crippen LogP contribution in [0.15, 0.2) is 109 Å². The van der Waals surface area contributed by atoms with Gasteiger partial charge < -0.3 is 10.5 Å². The number of benzene rings is 4. The highest BCUT2D eigenvalue weighted by Crippen LogP contribution is 2.24. The van der Waals surface area contributed by atoms with E-state index >= 15 is 0 Å². The number of hydrogen-bond donors (Lipinski definition) is 1. The minimum Gasteiger partial charge on any atom is -0.370 e. The molecule has 0 saturated heterocycles. The Hall–Kier alpha value is -3.38. The van der Waals surface area contributed by atoms with E-state index in [-0.39, 0.29) is 18.2 Å². The van der Waals surface area contributed by atoms with E-state index in [1.807, 2.05) is 73.7 Å². The summed E-state index contributed by atoms with van der Waals surface area (Å²) in [6, 6.07) is 33.5. The zero-order valence-corrected chi connectivity index (χ0v) is 21.1. The fourth-order valence-electron chi connectivity index (χ4n) is 4.73. The highest BCUT2D eigenvalue weighted by Gasteiger charge is 2.32. The van der Waals surface area contributed by atoms with Gasteiger partial charge in [0.25, 0.3) is 0 Å². The second kappa shape index (κ2) is 13.2. The highest BCUT2D eigenvalue weighted by atomic mass is 19.1. The maximum atomic E-state index is 14.2. The predicted molar refractivity (Wildman–Crippen MR) is 145 cm³/mol. The lowest BCUT2D eigenvalue weighted by Gasteiger charge is -2.39. The molecule has 0 aliphatic heterocycles. The zero-order chi connectivity index (χ0) is 26.0. The van der Waals surface area contributed by atoms with Gasteiger partial charge in [-0.05, 0) is 47.7 Å². The molecular formula is C32H34F2N2O. The fraction of sp³-hybridized carbons (Fsp3) is 0.250. The molecule has 0 radical (unpaired) electrons. The summed E-state index contributed by atoms with van der Waals surface area (Å²) >= 11 is 0. The lowest BCUT2D eigenvalue weighted by molar-refractivity contribution is -0.0401. The van der Waals surface area contributed by atoms with E-state index in [1.165, 1.54) is 12.1 Å². The van der Waals surface area contributed by atoms with Crippen LogP contribution in [0.25, 0.3) is 0 Å². The minimum absolute atomic E-state index is 0.245. The lowest BCUT2D eigenvalue weighted by atomic mass is 9.94. The molecule has 0 aromatic heterocycles. The first-order chi connectivity index (χ1) is 18.0. The Balaban J connectivity index is 1.71. The van der Waals surface area contributed by atoms with E-state index in [1.54, 1.807) is 0 Å². The summed E-state index contributed by atoms with van der Waals surface area (Å²) in [5.41, 5.74) is 10.4. The number of ether oxygens (including phenoxy) is 1. The summed E-state index contributed by atoms with van der Waals surface area (Å²) in [4.78, 5) is 2.31. The molecule has 3 atom stereocenters. The first-order valence-electron chi connectivity index (χ1n) is 12.7. The molecule has 37 heavy (non-hydrogen) atoms. The van der Waals surface area contributed by atoms with Crippen LogP contribution in [0.4, 0.5) is 8.78 Å². The molecule has 0 aliphatic rings. The molecule has 0 spiro atoms. The SMILES string of the molecule is CC(N)[C@@H](OCc1ccccc1)[C@H](Cc1cc(F)cc(F)c1)N(Cc1ccccc1)Cc1ccccc1. The molecule has 0 fully saturated rings. The first kappa shape index (κ1) is 26.7. The molecule has 5 heteroatoms. The molecule has 2 N–H and O–H groups in total. The van der Waals surface area contributed by atoms with Gasteiger partial charge in [0.15, 0.2) is 0 Å². The van der Waals surface area contributed by atoms with Gasteiger partial charge in [0, 0.05) is 31.2 Å². The van der Waals surface area contributed by atoms with Crippen LogP contribution in [0.5, 0.6) is 0 Å². The quantitative estimate of drug-likeness (QED) is 0.241. The second-order valence-corrected chi connectivity index (χ2v) is 9.55. The Kier molecular flexibility index (Phi) is 9.55. The average Bonchev–Trinajstić information content (AvgIpc) is 2.89. The summed E-state index contributed by atoms with van der Waals surface area (Å²) in [6.07, 6.45) is -0.00558. The third kappa shape index (κ3) is 8.05. The third-order valence-electron chi connectivity index (χ3n) is 6.48. The van der Waals surface area contributed by atoms with E-state index in [2.05, 4.69) is 29.2 Å². The van der Waals surface area contributed by atoms with Crippen LogP contribution < -0.4 is 5.73 Å². The van der Waals surface area contributed by atoms with Gasteiger partial charge in [0.05, 0.1) is 12.7 Å². The second-order valence-electron chi connectivity index (χ2n) is 9.55. The monoisotopic (exact) mass is 500 g/mol. The van der Waals surface area contributed by atoms with Crippen molar-refractivity contribution in [2.45, 2.75) is 51.2 Å². The smallest absolute Gasteiger partial charge is 0.126 e. The highest BCUT2D eigenvalue weighted by molar-refractivity contribution is 5.22. The Morgan fingerprint density at radius 3 is 1.59 bits per heavy atom. The van der Waals surface area contributed by atoms with Gasteiger partial charge in [-0.15, -0.1) is 0 Å². The van der Waals surface area contributed by atoms with Crippen molar-refractivity contribution >= 4 is 0 Å². The van der Waals surface area contributed by atoms with Crippen LogP contribution >= 0.6 is 0 Å². The number of halogens is 2. The maximum Gasteiger partial charge on any atom is 0.126 e. The van der Waals surface area contributed by atoms with Crippen LogP contribution in [-0.2, 0) is 30.9 Å². The number of nitrogens with two attached hydrogens (primary N) is 1. The van der Waals surface area contributed by atoms with E-state index in [0.717, 1.165) is 22.8 Å². The van der Waals surface area contributed by atoms with Crippen LogP contribution in [0.3, 0.4) is 0 Å². The molecular weight excluding hydrogens is 466 g/mol. The van der Waals surface area contributed by atoms with Gasteiger partial charge in [-0.3, -0.25) is 4.90 Å². The van der Waals surface area contributed by atoms with Crippen LogP contribution in [-0.4, -0.2) is 23.1 Å². The topological polar surface area (TPSA) is 38.5 Å². The standard InChI is InChI=1S/C32H34F2N2O/c1-24(35)32(37-23-27-15-9-4-10-16-27)31(19-28-17-29(33)20-30(34)18-28)36(21-25-11-5-2-6-12-25)22-26-13-7-3-8-14-26/h2-18,20,24,31-32H,19,21-23,35H2,1H3/t24?,31-,32+/m0/s1. The van der Waals surface area contributed by atoms with E-state index in [4.69, 9.17) is 10.5 Å².